The number of aliphatic hydroxyl groups is 1. The lowest BCUT2D eigenvalue weighted by molar-refractivity contribution is -0.127. The number of rotatable bonds is 11. The normalized spacial score (nSPS) is 14.7. The minimum absolute atomic E-state index is 0.0925. The number of amides is 4. The van der Waals surface area contributed by atoms with Crippen LogP contribution < -0.4 is 20.9 Å². The first-order chi connectivity index (χ1) is 19.9. The van der Waals surface area contributed by atoms with E-state index in [0.717, 1.165) is 44.8 Å². The molecule has 0 saturated heterocycles. The van der Waals surface area contributed by atoms with Crippen molar-refractivity contribution in [1.82, 2.24) is 16.0 Å². The first-order valence-electron chi connectivity index (χ1n) is 14.0. The molecule has 216 valence electrons. The number of carbonyl (C=O) groups excluding carboxylic acids is 3. The van der Waals surface area contributed by atoms with Crippen LogP contribution in [0.1, 0.15) is 42.9 Å². The van der Waals surface area contributed by atoms with Gasteiger partial charge in [-0.2, -0.15) is 0 Å². The highest BCUT2D eigenvalue weighted by Crippen LogP contribution is 2.32. The van der Waals surface area contributed by atoms with Crippen molar-refractivity contribution >= 4 is 35.3 Å². The number of hydrogen-bond acceptors (Lipinski definition) is 5. The zero-order valence-corrected chi connectivity index (χ0v) is 24.4. The summed E-state index contributed by atoms with van der Waals surface area (Å²) < 4.78 is 0. The molecule has 0 saturated carbocycles. The van der Waals surface area contributed by atoms with Gasteiger partial charge in [0.1, 0.15) is 6.04 Å². The van der Waals surface area contributed by atoms with Gasteiger partial charge in [-0.05, 0) is 71.5 Å². The predicted octanol–water partition coefficient (Wildman–Crippen LogP) is 4.63. The van der Waals surface area contributed by atoms with Crippen molar-refractivity contribution in [2.24, 2.45) is 0 Å². The number of aryl methyl sites for hydroxylation is 1. The van der Waals surface area contributed by atoms with E-state index in [0.29, 0.717) is 32.4 Å². The summed E-state index contributed by atoms with van der Waals surface area (Å²) in [5.41, 5.74) is 5.94. The van der Waals surface area contributed by atoms with Crippen molar-refractivity contribution in [2.75, 3.05) is 24.3 Å². The van der Waals surface area contributed by atoms with Crippen LogP contribution in [0, 0.1) is 0 Å². The fourth-order valence-electron chi connectivity index (χ4n) is 5.01. The van der Waals surface area contributed by atoms with Gasteiger partial charge in [0.15, 0.2) is 0 Å². The highest BCUT2D eigenvalue weighted by Gasteiger charge is 2.31. The molecule has 0 fully saturated rings. The number of nitrogens with one attached hydrogen (secondary N) is 3. The van der Waals surface area contributed by atoms with Crippen molar-refractivity contribution in [3.63, 3.8) is 0 Å². The number of aliphatic hydroxyl groups excluding tert-OH is 1. The SMILES string of the molecule is CCCC(=O)N[C@@H]1CCc2cc(SC)ccc2N(Cc2ccc(-c3ccccc3CNC(=O)NCCO)cc2)C1=O. The Labute approximate surface area is 245 Å². The quantitative estimate of drug-likeness (QED) is 0.250. The average molecular weight is 575 g/mol. The standard InChI is InChI=1S/C32H38N4O4S/c1-3-6-30(38)35-28-15-13-24-19-26(41-2)14-16-29(24)36(31(28)39)21-22-9-11-23(12-10-22)27-8-5-4-7-25(27)20-34-32(40)33-17-18-37/h4-5,7-12,14,16,19,28,37H,3,6,13,15,17-18,20-21H2,1-2H3,(H,35,38)(H2,33,34,40)/t28-/m1/s1. The minimum atomic E-state index is -0.563. The number of benzene rings is 3. The molecule has 1 aliphatic heterocycles. The number of hydrogen-bond donors (Lipinski definition) is 4. The Morgan fingerprint density at radius 1 is 1.05 bits per heavy atom. The lowest BCUT2D eigenvalue weighted by Crippen LogP contribution is -2.47. The topological polar surface area (TPSA) is 111 Å². The Bertz CT molecular complexity index is 1360. The molecule has 0 bridgehead atoms. The highest BCUT2D eigenvalue weighted by molar-refractivity contribution is 7.98. The maximum absolute atomic E-state index is 13.8. The number of carbonyl (C=O) groups is 3. The molecule has 3 aromatic rings. The molecular weight excluding hydrogens is 536 g/mol. The Kier molecular flexibility index (Phi) is 10.8. The second kappa shape index (κ2) is 14.7. The molecule has 9 heteroatoms. The van der Waals surface area contributed by atoms with E-state index in [9.17, 15) is 14.4 Å². The summed E-state index contributed by atoms with van der Waals surface area (Å²) in [5.74, 6) is -0.185. The third kappa shape index (κ3) is 7.89. The fourth-order valence-corrected chi connectivity index (χ4v) is 5.47. The maximum Gasteiger partial charge on any atom is 0.315 e. The molecule has 0 aliphatic carbocycles. The predicted molar refractivity (Wildman–Crippen MR) is 164 cm³/mol. The van der Waals surface area contributed by atoms with Gasteiger partial charge in [-0.3, -0.25) is 9.59 Å². The first kappa shape index (κ1) is 30.1. The van der Waals surface area contributed by atoms with Crippen LogP contribution in [0.15, 0.2) is 71.6 Å². The number of fused-ring (bicyclic) bond motifs is 1. The summed E-state index contributed by atoms with van der Waals surface area (Å²) in [4.78, 5) is 41.1. The zero-order valence-electron chi connectivity index (χ0n) is 23.6. The van der Waals surface area contributed by atoms with E-state index in [1.165, 1.54) is 0 Å². The van der Waals surface area contributed by atoms with Crippen molar-refractivity contribution in [3.05, 3.63) is 83.4 Å². The summed E-state index contributed by atoms with van der Waals surface area (Å²) in [5, 5.41) is 17.3. The molecule has 3 aromatic carbocycles. The third-order valence-corrected chi connectivity index (χ3v) is 7.84. The number of anilines is 1. The highest BCUT2D eigenvalue weighted by atomic mass is 32.2. The molecule has 4 N–H and O–H groups in total. The second-order valence-corrected chi connectivity index (χ2v) is 10.9. The lowest BCUT2D eigenvalue weighted by Gasteiger charge is -2.27. The van der Waals surface area contributed by atoms with Crippen LogP contribution in [0.2, 0.25) is 0 Å². The molecule has 0 unspecified atom stereocenters. The van der Waals surface area contributed by atoms with Gasteiger partial charge in [0.05, 0.1) is 13.2 Å². The summed E-state index contributed by atoms with van der Waals surface area (Å²) in [6, 6.07) is 21.3. The molecule has 1 aliphatic rings. The van der Waals surface area contributed by atoms with Crippen molar-refractivity contribution in [2.45, 2.75) is 56.6 Å². The second-order valence-electron chi connectivity index (χ2n) is 10.0. The third-order valence-electron chi connectivity index (χ3n) is 7.12. The minimum Gasteiger partial charge on any atom is -0.395 e. The molecule has 0 radical (unpaired) electrons. The molecule has 1 heterocycles. The van der Waals surface area contributed by atoms with Crippen LogP contribution in [0.3, 0.4) is 0 Å². The van der Waals surface area contributed by atoms with Crippen molar-refractivity contribution in [1.29, 1.82) is 0 Å². The van der Waals surface area contributed by atoms with Crippen molar-refractivity contribution in [3.8, 4) is 11.1 Å². The Morgan fingerprint density at radius 3 is 2.56 bits per heavy atom. The Hall–Kier alpha value is -3.82. The summed E-state index contributed by atoms with van der Waals surface area (Å²) >= 11 is 1.67. The van der Waals surface area contributed by atoms with Gasteiger partial charge in [-0.15, -0.1) is 11.8 Å². The van der Waals surface area contributed by atoms with E-state index in [1.54, 1.807) is 16.7 Å². The Morgan fingerprint density at radius 2 is 1.83 bits per heavy atom. The Balaban J connectivity index is 1.55. The van der Waals surface area contributed by atoms with Crippen molar-refractivity contribution < 1.29 is 19.5 Å². The van der Waals surface area contributed by atoms with E-state index < -0.39 is 6.04 Å². The first-order valence-corrected chi connectivity index (χ1v) is 15.2. The molecule has 1 atom stereocenters. The number of nitrogens with zero attached hydrogens (tertiary/aromatic N) is 1. The monoisotopic (exact) mass is 574 g/mol. The van der Waals surface area contributed by atoms with E-state index in [-0.39, 0.29) is 31.0 Å². The van der Waals surface area contributed by atoms with Crippen LogP contribution in [0.4, 0.5) is 10.5 Å². The summed E-state index contributed by atoms with van der Waals surface area (Å²) in [7, 11) is 0. The smallest absolute Gasteiger partial charge is 0.315 e. The molecular formula is C32H38N4O4S. The van der Waals surface area contributed by atoms with Gasteiger partial charge in [0, 0.05) is 30.1 Å². The van der Waals surface area contributed by atoms with Crippen LogP contribution in [-0.2, 0) is 29.1 Å². The van der Waals surface area contributed by atoms with Gasteiger partial charge in [0.2, 0.25) is 11.8 Å². The van der Waals surface area contributed by atoms with Gasteiger partial charge >= 0.3 is 6.03 Å². The van der Waals surface area contributed by atoms with E-state index in [1.807, 2.05) is 73.8 Å². The average Bonchev–Trinajstić information content (AvgIpc) is 3.11. The maximum atomic E-state index is 13.8. The van der Waals surface area contributed by atoms with Crippen LogP contribution in [0.5, 0.6) is 0 Å². The van der Waals surface area contributed by atoms with Crippen LogP contribution >= 0.6 is 11.8 Å². The van der Waals surface area contributed by atoms with Gasteiger partial charge in [-0.25, -0.2) is 4.79 Å². The molecule has 4 amide bonds. The van der Waals surface area contributed by atoms with Gasteiger partial charge < -0.3 is 26.0 Å². The summed E-state index contributed by atoms with van der Waals surface area (Å²) in [6.45, 7) is 2.77. The van der Waals surface area contributed by atoms with E-state index in [2.05, 4.69) is 22.0 Å². The van der Waals surface area contributed by atoms with Gasteiger partial charge in [0.25, 0.3) is 0 Å². The number of thioether (sulfide) groups is 1. The van der Waals surface area contributed by atoms with Crippen LogP contribution in [-0.4, -0.2) is 48.4 Å². The van der Waals surface area contributed by atoms with Crippen LogP contribution in [0.25, 0.3) is 11.1 Å². The van der Waals surface area contributed by atoms with E-state index >= 15 is 0 Å². The molecule has 0 aromatic heterocycles. The molecule has 41 heavy (non-hydrogen) atoms. The fraction of sp³-hybridized carbons (Fsp3) is 0.344. The van der Waals surface area contributed by atoms with E-state index in [4.69, 9.17) is 5.11 Å². The molecule has 8 nitrogen and oxygen atoms in total. The van der Waals surface area contributed by atoms with Gasteiger partial charge in [-0.1, -0.05) is 55.5 Å². The molecule has 0 spiro atoms. The number of urea groups is 1. The molecule has 4 rings (SSSR count). The lowest BCUT2D eigenvalue weighted by atomic mass is 9.98. The zero-order chi connectivity index (χ0) is 29.2. The largest absolute Gasteiger partial charge is 0.395 e. The summed E-state index contributed by atoms with van der Waals surface area (Å²) in [6.07, 6.45) is 4.45.